The van der Waals surface area contributed by atoms with E-state index in [-0.39, 0.29) is 5.56 Å². The van der Waals surface area contributed by atoms with Crippen molar-refractivity contribution in [3.8, 4) is 22.5 Å². The van der Waals surface area contributed by atoms with Gasteiger partial charge in [-0.15, -0.1) is 0 Å². The zero-order valence-corrected chi connectivity index (χ0v) is 16.6. The Balaban J connectivity index is 1.91. The van der Waals surface area contributed by atoms with Crippen LogP contribution in [-0.2, 0) is 6.54 Å². The van der Waals surface area contributed by atoms with Gasteiger partial charge in [-0.1, -0.05) is 73.8 Å². The first-order chi connectivity index (χ1) is 13.7. The molecule has 0 atom stereocenters. The molecule has 0 spiro atoms. The number of hydrogen-bond acceptors (Lipinski definition) is 2. The molecule has 2 aromatic carbocycles. The minimum atomic E-state index is -0.0756. The van der Waals surface area contributed by atoms with Crippen LogP contribution in [0.4, 0.5) is 0 Å². The van der Waals surface area contributed by atoms with E-state index in [0.717, 1.165) is 48.3 Å². The Labute approximate surface area is 169 Å². The molecule has 0 aliphatic heterocycles. The molecule has 0 fully saturated rings. The number of aryl methyl sites for hydroxylation is 1. The number of imidazole rings is 1. The second-order valence-corrected chi connectivity index (χ2v) is 7.33. The van der Waals surface area contributed by atoms with Gasteiger partial charge in [-0.2, -0.15) is 0 Å². The Kier molecular flexibility index (Phi) is 5.31. The number of aromatic nitrogens is 3. The first-order valence-corrected chi connectivity index (χ1v) is 9.99. The monoisotopic (exact) mass is 391 g/mol. The normalized spacial score (nSPS) is 11.2. The topological polar surface area (TPSA) is 39.3 Å². The molecule has 142 valence electrons. The highest BCUT2D eigenvalue weighted by Crippen LogP contribution is 2.24. The summed E-state index contributed by atoms with van der Waals surface area (Å²) in [7, 11) is 0. The van der Waals surface area contributed by atoms with Gasteiger partial charge >= 0.3 is 0 Å². The van der Waals surface area contributed by atoms with Crippen LogP contribution in [0, 0.1) is 0 Å². The lowest BCUT2D eigenvalue weighted by molar-refractivity contribution is 0.606. The van der Waals surface area contributed by atoms with Gasteiger partial charge in [0.2, 0.25) is 5.78 Å². The predicted octanol–water partition coefficient (Wildman–Crippen LogP) is 5.67. The van der Waals surface area contributed by atoms with E-state index in [1.54, 1.807) is 10.5 Å². The first-order valence-electron chi connectivity index (χ1n) is 9.61. The Bertz CT molecular complexity index is 1140. The summed E-state index contributed by atoms with van der Waals surface area (Å²) in [6.45, 7) is 3.01. The van der Waals surface area contributed by atoms with Crippen molar-refractivity contribution in [2.75, 3.05) is 0 Å². The molecule has 4 rings (SSSR count). The van der Waals surface area contributed by atoms with Crippen molar-refractivity contribution >= 4 is 17.4 Å². The first kappa shape index (κ1) is 18.5. The largest absolute Gasteiger partial charge is 0.311 e. The molecular weight excluding hydrogens is 370 g/mol. The third kappa shape index (κ3) is 3.60. The Morgan fingerprint density at radius 2 is 1.71 bits per heavy atom. The third-order valence-electron chi connectivity index (χ3n) is 4.91. The van der Waals surface area contributed by atoms with Gasteiger partial charge < -0.3 is 4.57 Å². The Hall–Kier alpha value is -2.85. The third-order valence-corrected chi connectivity index (χ3v) is 5.16. The molecule has 0 bridgehead atoms. The zero-order chi connectivity index (χ0) is 19.5. The Morgan fingerprint density at radius 3 is 2.43 bits per heavy atom. The predicted molar refractivity (Wildman–Crippen MR) is 115 cm³/mol. The van der Waals surface area contributed by atoms with E-state index >= 15 is 0 Å². The molecule has 0 aliphatic rings. The van der Waals surface area contributed by atoms with E-state index in [9.17, 15) is 4.79 Å². The smallest absolute Gasteiger partial charge is 0.259 e. The van der Waals surface area contributed by atoms with Crippen LogP contribution in [0.1, 0.15) is 26.2 Å². The number of benzene rings is 2. The fourth-order valence-electron chi connectivity index (χ4n) is 3.44. The maximum atomic E-state index is 12.8. The summed E-state index contributed by atoms with van der Waals surface area (Å²) < 4.78 is 3.80. The summed E-state index contributed by atoms with van der Waals surface area (Å²) in [5, 5.41) is 0.679. The number of halogens is 1. The summed E-state index contributed by atoms with van der Waals surface area (Å²) in [5.41, 5.74) is 3.56. The van der Waals surface area contributed by atoms with Gasteiger partial charge in [-0.05, 0) is 24.1 Å². The summed E-state index contributed by atoms with van der Waals surface area (Å²) in [6.07, 6.45) is 5.13. The molecule has 28 heavy (non-hydrogen) atoms. The standard InChI is InChI=1S/C23H22ClN3O/c1-2-3-7-14-26-21(18-8-5-4-6-9-18)15-22(28)27-16-20(25-23(26)27)17-10-12-19(24)13-11-17/h4-6,8-13,15-16H,2-3,7,14H2,1H3. The molecule has 0 saturated carbocycles. The van der Waals surface area contributed by atoms with Crippen molar-refractivity contribution in [3.63, 3.8) is 0 Å². The summed E-state index contributed by atoms with van der Waals surface area (Å²) in [5.74, 6) is 0.674. The van der Waals surface area contributed by atoms with Crippen LogP contribution < -0.4 is 5.56 Å². The number of hydrogen-bond donors (Lipinski definition) is 0. The number of unbranched alkanes of at least 4 members (excludes halogenated alkanes) is 2. The summed E-state index contributed by atoms with van der Waals surface area (Å²) in [6, 6.07) is 19.3. The summed E-state index contributed by atoms with van der Waals surface area (Å²) in [4.78, 5) is 17.7. The minimum Gasteiger partial charge on any atom is -0.311 e. The van der Waals surface area contributed by atoms with Crippen molar-refractivity contribution in [2.24, 2.45) is 0 Å². The van der Waals surface area contributed by atoms with Crippen LogP contribution in [0.15, 0.2) is 71.7 Å². The molecule has 0 N–H and O–H groups in total. The molecule has 0 saturated heterocycles. The highest BCUT2D eigenvalue weighted by atomic mass is 35.5. The van der Waals surface area contributed by atoms with Gasteiger partial charge in [-0.25, -0.2) is 4.98 Å². The van der Waals surface area contributed by atoms with E-state index in [1.165, 1.54) is 0 Å². The quantitative estimate of drug-likeness (QED) is 0.397. The van der Waals surface area contributed by atoms with Gasteiger partial charge in [0.15, 0.2) is 0 Å². The van der Waals surface area contributed by atoms with Crippen LogP contribution in [0.2, 0.25) is 5.02 Å². The minimum absolute atomic E-state index is 0.0756. The number of rotatable bonds is 6. The molecule has 0 amide bonds. The highest BCUT2D eigenvalue weighted by Gasteiger charge is 2.14. The maximum absolute atomic E-state index is 12.8. The molecule has 4 nitrogen and oxygen atoms in total. The molecule has 0 unspecified atom stereocenters. The van der Waals surface area contributed by atoms with E-state index in [0.29, 0.717) is 10.8 Å². The molecule has 2 heterocycles. The van der Waals surface area contributed by atoms with E-state index in [4.69, 9.17) is 16.6 Å². The van der Waals surface area contributed by atoms with Crippen LogP contribution in [0.5, 0.6) is 0 Å². The lowest BCUT2D eigenvalue weighted by Gasteiger charge is -2.15. The highest BCUT2D eigenvalue weighted by molar-refractivity contribution is 6.30. The lowest BCUT2D eigenvalue weighted by Crippen LogP contribution is -2.18. The van der Waals surface area contributed by atoms with Gasteiger partial charge in [0, 0.05) is 29.4 Å². The zero-order valence-electron chi connectivity index (χ0n) is 15.8. The fraction of sp³-hybridized carbons (Fsp3) is 0.217. The van der Waals surface area contributed by atoms with Crippen molar-refractivity contribution in [1.82, 2.24) is 14.0 Å². The maximum Gasteiger partial charge on any atom is 0.259 e. The summed E-state index contributed by atoms with van der Waals surface area (Å²) >= 11 is 6.01. The van der Waals surface area contributed by atoms with Gasteiger partial charge in [0.1, 0.15) is 0 Å². The van der Waals surface area contributed by atoms with Crippen LogP contribution in [0.3, 0.4) is 0 Å². The molecule has 5 heteroatoms. The lowest BCUT2D eigenvalue weighted by atomic mass is 10.1. The van der Waals surface area contributed by atoms with E-state index < -0.39 is 0 Å². The molecular formula is C23H22ClN3O. The van der Waals surface area contributed by atoms with Crippen LogP contribution in [0.25, 0.3) is 28.3 Å². The average Bonchev–Trinajstić information content (AvgIpc) is 3.17. The van der Waals surface area contributed by atoms with Crippen LogP contribution >= 0.6 is 11.6 Å². The van der Waals surface area contributed by atoms with Gasteiger partial charge in [-0.3, -0.25) is 9.20 Å². The number of fused-ring (bicyclic) bond motifs is 1. The molecule has 0 aliphatic carbocycles. The van der Waals surface area contributed by atoms with Gasteiger partial charge in [0.25, 0.3) is 5.56 Å². The fourth-order valence-corrected chi connectivity index (χ4v) is 3.57. The van der Waals surface area contributed by atoms with E-state index in [1.807, 2.05) is 60.8 Å². The second-order valence-electron chi connectivity index (χ2n) is 6.90. The van der Waals surface area contributed by atoms with Crippen molar-refractivity contribution in [1.29, 1.82) is 0 Å². The van der Waals surface area contributed by atoms with Crippen molar-refractivity contribution < 1.29 is 0 Å². The number of nitrogens with zero attached hydrogens (tertiary/aromatic N) is 3. The molecule has 0 radical (unpaired) electrons. The Morgan fingerprint density at radius 1 is 0.964 bits per heavy atom. The molecule has 4 aromatic rings. The van der Waals surface area contributed by atoms with Crippen molar-refractivity contribution in [2.45, 2.75) is 32.7 Å². The average molecular weight is 392 g/mol. The van der Waals surface area contributed by atoms with Crippen LogP contribution in [-0.4, -0.2) is 14.0 Å². The van der Waals surface area contributed by atoms with Crippen molar-refractivity contribution in [3.05, 3.63) is 82.2 Å². The SMILES string of the molecule is CCCCCn1c(-c2ccccc2)cc(=O)n2cc(-c3ccc(Cl)cc3)nc12. The second kappa shape index (κ2) is 8.03. The molecule has 2 aromatic heterocycles. The van der Waals surface area contributed by atoms with E-state index in [2.05, 4.69) is 11.5 Å². The van der Waals surface area contributed by atoms with Gasteiger partial charge in [0.05, 0.1) is 11.4 Å².